The second kappa shape index (κ2) is 4.89. The van der Waals surface area contributed by atoms with Crippen molar-refractivity contribution in [2.24, 2.45) is 7.05 Å². The number of aliphatic hydroxyl groups is 1. The van der Waals surface area contributed by atoms with Crippen LogP contribution < -0.4 is 11.1 Å². The quantitative estimate of drug-likeness (QED) is 0.757. The predicted octanol–water partition coefficient (Wildman–Crippen LogP) is 0.699. The summed E-state index contributed by atoms with van der Waals surface area (Å²) >= 11 is 0. The van der Waals surface area contributed by atoms with Crippen molar-refractivity contribution in [2.45, 2.75) is 25.5 Å². The third-order valence-corrected chi connectivity index (χ3v) is 3.97. The summed E-state index contributed by atoms with van der Waals surface area (Å²) in [7, 11) is 1.68. The highest BCUT2D eigenvalue weighted by atomic mass is 16.3. The molecule has 21 heavy (non-hydrogen) atoms. The molecule has 6 heteroatoms. The standard InChI is InChI=1S/C15H18N4O2/c1-8-12(16)14(19(2)18-8)15(21)17-13-10-6-4-3-5-9(10)7-11(13)20/h3-6,11,13,20H,7,16H2,1-2H3,(H,17,21)/t11-,13+/m1/s1. The first-order valence-corrected chi connectivity index (χ1v) is 6.85. The molecule has 110 valence electrons. The molecule has 0 bridgehead atoms. The van der Waals surface area contributed by atoms with Crippen LogP contribution in [-0.4, -0.2) is 26.9 Å². The lowest BCUT2D eigenvalue weighted by molar-refractivity contribution is 0.0850. The van der Waals surface area contributed by atoms with E-state index >= 15 is 0 Å². The van der Waals surface area contributed by atoms with Gasteiger partial charge in [0.25, 0.3) is 5.91 Å². The molecule has 0 fully saturated rings. The summed E-state index contributed by atoms with van der Waals surface area (Å²) in [5.41, 5.74) is 9.23. The maximum absolute atomic E-state index is 12.4. The molecule has 0 spiro atoms. The first kappa shape index (κ1) is 13.6. The van der Waals surface area contributed by atoms with E-state index in [-0.39, 0.29) is 5.91 Å². The third-order valence-electron chi connectivity index (χ3n) is 3.97. The van der Waals surface area contributed by atoms with Gasteiger partial charge in [0.15, 0.2) is 0 Å². The number of carbonyl (C=O) groups excluding carboxylic acids is 1. The molecule has 0 unspecified atom stereocenters. The molecule has 1 aromatic carbocycles. The Hall–Kier alpha value is -2.34. The van der Waals surface area contributed by atoms with Crippen LogP contribution in [0.25, 0.3) is 0 Å². The molecule has 6 nitrogen and oxygen atoms in total. The maximum atomic E-state index is 12.4. The van der Waals surface area contributed by atoms with Crippen LogP contribution in [-0.2, 0) is 13.5 Å². The van der Waals surface area contributed by atoms with Gasteiger partial charge < -0.3 is 16.2 Å². The monoisotopic (exact) mass is 286 g/mol. The molecule has 0 radical (unpaired) electrons. The van der Waals surface area contributed by atoms with Gasteiger partial charge in [-0.1, -0.05) is 24.3 Å². The van der Waals surface area contributed by atoms with Crippen LogP contribution in [0.5, 0.6) is 0 Å². The van der Waals surface area contributed by atoms with Crippen molar-refractivity contribution in [2.75, 3.05) is 5.73 Å². The third kappa shape index (κ3) is 2.17. The number of nitrogens with one attached hydrogen (secondary N) is 1. The van der Waals surface area contributed by atoms with E-state index < -0.39 is 12.1 Å². The molecular formula is C15H18N4O2. The number of anilines is 1. The van der Waals surface area contributed by atoms with Crippen LogP contribution >= 0.6 is 0 Å². The smallest absolute Gasteiger partial charge is 0.272 e. The Labute approximate surface area is 122 Å². The number of nitrogens with two attached hydrogens (primary N) is 1. The molecule has 0 aliphatic heterocycles. The van der Waals surface area contributed by atoms with Crippen LogP contribution in [0.2, 0.25) is 0 Å². The van der Waals surface area contributed by atoms with Crippen LogP contribution in [0.3, 0.4) is 0 Å². The number of rotatable bonds is 2. The van der Waals surface area contributed by atoms with E-state index in [1.54, 1.807) is 14.0 Å². The Kier molecular flexibility index (Phi) is 3.17. The Morgan fingerprint density at radius 3 is 2.86 bits per heavy atom. The number of hydrogen-bond acceptors (Lipinski definition) is 4. The summed E-state index contributed by atoms with van der Waals surface area (Å²) in [5.74, 6) is -0.323. The van der Waals surface area contributed by atoms with E-state index in [0.717, 1.165) is 11.1 Å². The second-order valence-corrected chi connectivity index (χ2v) is 5.39. The number of aryl methyl sites for hydroxylation is 2. The number of hydrogen-bond donors (Lipinski definition) is 3. The minimum atomic E-state index is -0.623. The molecular weight excluding hydrogens is 268 g/mol. The highest BCUT2D eigenvalue weighted by molar-refractivity contribution is 5.98. The van der Waals surface area contributed by atoms with Crippen LogP contribution in [0.15, 0.2) is 24.3 Å². The summed E-state index contributed by atoms with van der Waals surface area (Å²) in [4.78, 5) is 12.4. The zero-order chi connectivity index (χ0) is 15.1. The summed E-state index contributed by atoms with van der Waals surface area (Å²) in [6.07, 6.45) is -0.0806. The number of nitrogens with zero attached hydrogens (tertiary/aromatic N) is 2. The number of amides is 1. The zero-order valence-corrected chi connectivity index (χ0v) is 12.0. The van der Waals surface area contributed by atoms with Crippen molar-refractivity contribution in [3.05, 3.63) is 46.8 Å². The summed E-state index contributed by atoms with van der Waals surface area (Å²) < 4.78 is 1.47. The largest absolute Gasteiger partial charge is 0.395 e. The molecule has 1 amide bonds. The summed E-state index contributed by atoms with van der Waals surface area (Å²) in [6, 6.07) is 7.31. The van der Waals surface area contributed by atoms with Gasteiger partial charge in [0, 0.05) is 13.5 Å². The van der Waals surface area contributed by atoms with E-state index in [0.29, 0.717) is 23.5 Å². The van der Waals surface area contributed by atoms with Gasteiger partial charge in [-0.05, 0) is 18.1 Å². The van der Waals surface area contributed by atoms with Gasteiger partial charge in [-0.15, -0.1) is 0 Å². The van der Waals surface area contributed by atoms with Crippen molar-refractivity contribution in [1.82, 2.24) is 15.1 Å². The van der Waals surface area contributed by atoms with Crippen LogP contribution in [0, 0.1) is 6.92 Å². The van der Waals surface area contributed by atoms with Crippen molar-refractivity contribution in [3.8, 4) is 0 Å². The summed E-state index contributed by atoms with van der Waals surface area (Å²) in [6.45, 7) is 1.76. The van der Waals surface area contributed by atoms with Gasteiger partial charge in [0.1, 0.15) is 5.69 Å². The van der Waals surface area contributed by atoms with Gasteiger partial charge in [0.2, 0.25) is 0 Å². The lowest BCUT2D eigenvalue weighted by Crippen LogP contribution is -2.35. The van der Waals surface area contributed by atoms with E-state index in [1.165, 1.54) is 4.68 Å². The van der Waals surface area contributed by atoms with E-state index in [9.17, 15) is 9.90 Å². The summed E-state index contributed by atoms with van der Waals surface area (Å²) in [5, 5.41) is 17.2. The molecule has 4 N–H and O–H groups in total. The molecule has 0 saturated heterocycles. The number of carbonyl (C=O) groups is 1. The first-order chi connectivity index (χ1) is 9.99. The average molecular weight is 286 g/mol. The van der Waals surface area contributed by atoms with Gasteiger partial charge in [-0.25, -0.2) is 0 Å². The molecule has 2 aromatic rings. The normalized spacial score (nSPS) is 20.3. The molecule has 3 rings (SSSR count). The predicted molar refractivity (Wildman–Crippen MR) is 78.7 cm³/mol. The SMILES string of the molecule is Cc1nn(C)c(C(=O)N[C@H]2c3ccccc3C[C@H]2O)c1N. The van der Waals surface area contributed by atoms with E-state index in [2.05, 4.69) is 10.4 Å². The highest BCUT2D eigenvalue weighted by Crippen LogP contribution is 2.31. The minimum absolute atomic E-state index is 0.323. The Bertz CT molecular complexity index is 708. The van der Waals surface area contributed by atoms with Crippen molar-refractivity contribution in [1.29, 1.82) is 0 Å². The van der Waals surface area contributed by atoms with Crippen molar-refractivity contribution < 1.29 is 9.90 Å². The molecule has 1 aliphatic carbocycles. The second-order valence-electron chi connectivity index (χ2n) is 5.39. The Morgan fingerprint density at radius 2 is 2.19 bits per heavy atom. The van der Waals surface area contributed by atoms with E-state index in [4.69, 9.17) is 5.73 Å². The van der Waals surface area contributed by atoms with Crippen LogP contribution in [0.4, 0.5) is 5.69 Å². The van der Waals surface area contributed by atoms with E-state index in [1.807, 2.05) is 24.3 Å². The number of aliphatic hydroxyl groups excluding tert-OH is 1. The van der Waals surface area contributed by atoms with Gasteiger partial charge >= 0.3 is 0 Å². The fraction of sp³-hybridized carbons (Fsp3) is 0.333. The number of nitrogen functional groups attached to an aromatic ring is 1. The number of fused-ring (bicyclic) bond motifs is 1. The molecule has 1 aromatic heterocycles. The minimum Gasteiger partial charge on any atom is -0.395 e. The lowest BCUT2D eigenvalue weighted by atomic mass is 10.1. The van der Waals surface area contributed by atoms with Gasteiger partial charge in [0.05, 0.1) is 23.5 Å². The molecule has 1 heterocycles. The van der Waals surface area contributed by atoms with Crippen molar-refractivity contribution in [3.63, 3.8) is 0 Å². The molecule has 0 saturated carbocycles. The Morgan fingerprint density at radius 1 is 1.48 bits per heavy atom. The fourth-order valence-electron chi connectivity index (χ4n) is 2.90. The van der Waals surface area contributed by atoms with Crippen molar-refractivity contribution >= 4 is 11.6 Å². The Balaban J connectivity index is 1.89. The molecule has 1 aliphatic rings. The lowest BCUT2D eigenvalue weighted by Gasteiger charge is -2.18. The average Bonchev–Trinajstić information content (AvgIpc) is 2.88. The number of benzene rings is 1. The molecule has 2 atom stereocenters. The zero-order valence-electron chi connectivity index (χ0n) is 12.0. The topological polar surface area (TPSA) is 93.2 Å². The highest BCUT2D eigenvalue weighted by Gasteiger charge is 2.33. The number of aromatic nitrogens is 2. The first-order valence-electron chi connectivity index (χ1n) is 6.85. The fourth-order valence-corrected chi connectivity index (χ4v) is 2.90. The van der Waals surface area contributed by atoms with Crippen LogP contribution in [0.1, 0.15) is 33.4 Å². The maximum Gasteiger partial charge on any atom is 0.272 e. The van der Waals surface area contributed by atoms with Gasteiger partial charge in [-0.2, -0.15) is 5.10 Å². The van der Waals surface area contributed by atoms with Gasteiger partial charge in [-0.3, -0.25) is 9.48 Å².